The molecule has 0 saturated carbocycles. The monoisotopic (exact) mass is 350 g/mol. The molecule has 1 aliphatic rings. The normalized spacial score (nSPS) is 15.6. The van der Waals surface area contributed by atoms with E-state index < -0.39 is 17.5 Å². The lowest BCUT2D eigenvalue weighted by Crippen LogP contribution is -2.39. The Morgan fingerprint density at radius 3 is 2.60 bits per heavy atom. The number of nitrogens with zero attached hydrogens (tertiary/aromatic N) is 4. The summed E-state index contributed by atoms with van der Waals surface area (Å²) in [6.07, 6.45) is 1.25. The summed E-state index contributed by atoms with van der Waals surface area (Å²) >= 11 is 0. The highest BCUT2D eigenvalue weighted by Crippen LogP contribution is 2.27. The first-order valence-corrected chi connectivity index (χ1v) is 8.30. The van der Waals surface area contributed by atoms with Crippen molar-refractivity contribution in [2.75, 3.05) is 13.1 Å². The maximum atomic E-state index is 13.8. The molecule has 134 valence electrons. The van der Waals surface area contributed by atoms with E-state index in [9.17, 15) is 18.4 Å². The van der Waals surface area contributed by atoms with E-state index in [0.29, 0.717) is 32.5 Å². The number of benzene rings is 1. The molecular formula is C17H20F2N4O2. The summed E-state index contributed by atoms with van der Waals surface area (Å²) < 4.78 is 30.1. The van der Waals surface area contributed by atoms with Crippen LogP contribution in [-0.4, -0.2) is 38.2 Å². The topological polar surface area (TPSA) is 60.1 Å². The molecule has 1 fully saturated rings. The van der Waals surface area contributed by atoms with E-state index in [2.05, 4.69) is 5.10 Å². The van der Waals surface area contributed by atoms with Gasteiger partial charge in [0.1, 0.15) is 17.5 Å². The van der Waals surface area contributed by atoms with Crippen LogP contribution in [0.15, 0.2) is 23.0 Å². The number of rotatable bonds is 3. The zero-order valence-electron chi connectivity index (χ0n) is 14.2. The lowest BCUT2D eigenvalue weighted by atomic mass is 9.95. The van der Waals surface area contributed by atoms with Crippen LogP contribution < -0.4 is 5.69 Å². The van der Waals surface area contributed by atoms with Gasteiger partial charge < -0.3 is 4.90 Å². The quantitative estimate of drug-likeness (QED) is 0.849. The van der Waals surface area contributed by atoms with Crippen LogP contribution in [0, 0.1) is 11.6 Å². The molecule has 8 heteroatoms. The minimum atomic E-state index is -0.724. The van der Waals surface area contributed by atoms with Gasteiger partial charge in [0.25, 0.3) is 5.91 Å². The number of hydrogen-bond acceptors (Lipinski definition) is 3. The van der Waals surface area contributed by atoms with E-state index in [-0.39, 0.29) is 17.2 Å². The number of carbonyl (C=O) groups excluding carboxylic acids is 1. The third kappa shape index (κ3) is 3.20. The lowest BCUT2D eigenvalue weighted by molar-refractivity contribution is 0.0705. The van der Waals surface area contributed by atoms with Gasteiger partial charge in [-0.05, 0) is 38.0 Å². The van der Waals surface area contributed by atoms with Crippen LogP contribution >= 0.6 is 0 Å². The van der Waals surface area contributed by atoms with Gasteiger partial charge >= 0.3 is 5.69 Å². The maximum absolute atomic E-state index is 13.8. The second-order valence-corrected chi connectivity index (χ2v) is 6.20. The number of hydrogen-bond donors (Lipinski definition) is 0. The Labute approximate surface area is 143 Å². The number of carbonyl (C=O) groups is 1. The summed E-state index contributed by atoms with van der Waals surface area (Å²) in [5, 5.41) is 4.31. The van der Waals surface area contributed by atoms with Gasteiger partial charge in [-0.3, -0.25) is 9.36 Å². The molecule has 3 rings (SSSR count). The SMILES string of the molecule is CCn1c(C2CCN(C(=O)c3cc(F)ccc3F)CC2)nn(C)c1=O. The molecule has 0 aliphatic carbocycles. The first kappa shape index (κ1) is 17.3. The zero-order chi connectivity index (χ0) is 18.1. The summed E-state index contributed by atoms with van der Waals surface area (Å²) in [4.78, 5) is 26.0. The fraction of sp³-hybridized carbons (Fsp3) is 0.471. The number of likely N-dealkylation sites (tertiary alicyclic amines) is 1. The molecule has 1 aromatic carbocycles. The summed E-state index contributed by atoms with van der Waals surface area (Å²) in [6, 6.07) is 2.88. The van der Waals surface area contributed by atoms with Crippen molar-refractivity contribution in [3.8, 4) is 0 Å². The highest BCUT2D eigenvalue weighted by molar-refractivity contribution is 5.94. The van der Waals surface area contributed by atoms with Crippen molar-refractivity contribution >= 4 is 5.91 Å². The van der Waals surface area contributed by atoms with Crippen molar-refractivity contribution in [1.29, 1.82) is 0 Å². The van der Waals surface area contributed by atoms with Gasteiger partial charge in [0.15, 0.2) is 0 Å². The van der Waals surface area contributed by atoms with Crippen LogP contribution in [0.2, 0.25) is 0 Å². The van der Waals surface area contributed by atoms with Gasteiger partial charge in [-0.25, -0.2) is 18.3 Å². The summed E-state index contributed by atoms with van der Waals surface area (Å²) in [7, 11) is 1.61. The molecule has 0 unspecified atom stereocenters. The molecule has 0 radical (unpaired) electrons. The van der Waals surface area contributed by atoms with Gasteiger partial charge in [-0.1, -0.05) is 0 Å². The molecule has 1 aliphatic heterocycles. The molecular weight excluding hydrogens is 330 g/mol. The second-order valence-electron chi connectivity index (χ2n) is 6.20. The Hall–Kier alpha value is -2.51. The van der Waals surface area contributed by atoms with Crippen molar-refractivity contribution in [2.24, 2.45) is 7.05 Å². The minimum Gasteiger partial charge on any atom is -0.339 e. The van der Waals surface area contributed by atoms with Crippen LogP contribution in [0.25, 0.3) is 0 Å². The first-order valence-electron chi connectivity index (χ1n) is 8.30. The largest absolute Gasteiger partial charge is 0.345 e. The minimum absolute atomic E-state index is 0.0651. The molecule has 1 amide bonds. The van der Waals surface area contributed by atoms with Crippen molar-refractivity contribution in [2.45, 2.75) is 32.2 Å². The summed E-state index contributed by atoms with van der Waals surface area (Å²) in [6.45, 7) is 3.25. The van der Waals surface area contributed by atoms with Crippen molar-refractivity contribution in [3.05, 3.63) is 51.7 Å². The molecule has 0 bridgehead atoms. The van der Waals surface area contributed by atoms with E-state index >= 15 is 0 Å². The second kappa shape index (κ2) is 6.78. The molecule has 2 heterocycles. The number of aryl methyl sites for hydroxylation is 1. The summed E-state index contributed by atoms with van der Waals surface area (Å²) in [5.74, 6) is -1.09. The van der Waals surface area contributed by atoms with Gasteiger partial charge in [0.2, 0.25) is 0 Å². The molecule has 2 aromatic rings. The molecule has 1 saturated heterocycles. The van der Waals surface area contributed by atoms with Crippen LogP contribution in [0.5, 0.6) is 0 Å². The Kier molecular flexibility index (Phi) is 4.69. The van der Waals surface area contributed by atoms with Crippen molar-refractivity contribution < 1.29 is 13.6 Å². The predicted molar refractivity (Wildman–Crippen MR) is 87.4 cm³/mol. The molecule has 0 atom stereocenters. The number of halogens is 2. The number of piperidine rings is 1. The van der Waals surface area contributed by atoms with Gasteiger partial charge in [-0.2, -0.15) is 5.10 Å². The average Bonchev–Trinajstić information content (AvgIpc) is 2.91. The Bertz CT molecular complexity index is 851. The smallest absolute Gasteiger partial charge is 0.339 e. The number of aromatic nitrogens is 3. The van der Waals surface area contributed by atoms with E-state index in [1.54, 1.807) is 11.6 Å². The van der Waals surface area contributed by atoms with Crippen LogP contribution in [0.4, 0.5) is 8.78 Å². The van der Waals surface area contributed by atoms with Crippen LogP contribution in [0.3, 0.4) is 0 Å². The average molecular weight is 350 g/mol. The Morgan fingerprint density at radius 1 is 1.28 bits per heavy atom. The van der Waals surface area contributed by atoms with Crippen LogP contribution in [0.1, 0.15) is 41.9 Å². The third-order valence-corrected chi connectivity index (χ3v) is 4.66. The fourth-order valence-corrected chi connectivity index (χ4v) is 3.29. The molecule has 6 nitrogen and oxygen atoms in total. The van der Waals surface area contributed by atoms with E-state index in [4.69, 9.17) is 0 Å². The van der Waals surface area contributed by atoms with Crippen molar-refractivity contribution in [1.82, 2.24) is 19.2 Å². The Balaban J connectivity index is 1.74. The number of amides is 1. The van der Waals surface area contributed by atoms with Crippen molar-refractivity contribution in [3.63, 3.8) is 0 Å². The lowest BCUT2D eigenvalue weighted by Gasteiger charge is -2.31. The van der Waals surface area contributed by atoms with Gasteiger partial charge in [0, 0.05) is 32.6 Å². The Morgan fingerprint density at radius 2 is 1.96 bits per heavy atom. The fourth-order valence-electron chi connectivity index (χ4n) is 3.29. The highest BCUT2D eigenvalue weighted by Gasteiger charge is 2.29. The zero-order valence-corrected chi connectivity index (χ0v) is 14.2. The molecule has 1 aromatic heterocycles. The van der Waals surface area contributed by atoms with Crippen LogP contribution in [-0.2, 0) is 13.6 Å². The predicted octanol–water partition coefficient (Wildman–Crippen LogP) is 1.90. The van der Waals surface area contributed by atoms with E-state index in [1.165, 1.54) is 9.58 Å². The third-order valence-electron chi connectivity index (χ3n) is 4.66. The molecule has 25 heavy (non-hydrogen) atoms. The van der Waals surface area contributed by atoms with E-state index in [0.717, 1.165) is 24.0 Å². The van der Waals surface area contributed by atoms with Gasteiger partial charge in [0.05, 0.1) is 5.56 Å². The standard InChI is InChI=1S/C17H20F2N4O2/c1-3-23-15(20-21(2)17(23)25)11-6-8-22(9-7-11)16(24)13-10-12(18)4-5-14(13)19/h4-5,10-11H,3,6-9H2,1-2H3. The maximum Gasteiger partial charge on any atom is 0.345 e. The summed E-state index contributed by atoms with van der Waals surface area (Å²) in [5.41, 5.74) is -0.403. The highest BCUT2D eigenvalue weighted by atomic mass is 19.1. The van der Waals surface area contributed by atoms with E-state index in [1.807, 2.05) is 6.92 Å². The molecule has 0 spiro atoms. The first-order chi connectivity index (χ1) is 11.9. The van der Waals surface area contributed by atoms with Gasteiger partial charge in [-0.15, -0.1) is 0 Å². The molecule has 0 N–H and O–H groups in total.